The molecule has 0 radical (unpaired) electrons. The summed E-state index contributed by atoms with van der Waals surface area (Å²) in [6, 6.07) is 10.2. The van der Waals surface area contributed by atoms with Crippen LogP contribution in [0.2, 0.25) is 0 Å². The van der Waals surface area contributed by atoms with Crippen molar-refractivity contribution in [3.8, 4) is 5.75 Å². The van der Waals surface area contributed by atoms with Crippen LogP contribution in [0.4, 0.5) is 5.69 Å². The van der Waals surface area contributed by atoms with E-state index in [0.29, 0.717) is 11.4 Å². The standard InChI is InChI=1S/C18H22N2O4S2/c1-24-16-10-5-4-9-15(16)20(26(22,23)18-11-6-12-25-18)13-17(21)19-14-7-2-3-8-14/h4-6,9-12,14H,2-3,7-8,13H2,1H3,(H,19,21). The summed E-state index contributed by atoms with van der Waals surface area (Å²) in [5, 5.41) is 4.65. The number of anilines is 1. The van der Waals surface area contributed by atoms with Crippen LogP contribution in [-0.4, -0.2) is 34.0 Å². The molecule has 140 valence electrons. The number of sulfonamides is 1. The van der Waals surface area contributed by atoms with E-state index >= 15 is 0 Å². The van der Waals surface area contributed by atoms with Crippen LogP contribution in [0, 0.1) is 0 Å². The number of nitrogens with zero attached hydrogens (tertiary/aromatic N) is 1. The molecule has 0 spiro atoms. The molecule has 0 unspecified atom stereocenters. The molecule has 2 aromatic rings. The SMILES string of the molecule is COc1ccccc1N(CC(=O)NC1CCCC1)S(=O)(=O)c1cccs1. The van der Waals surface area contributed by atoms with E-state index in [1.54, 1.807) is 35.7 Å². The Hall–Kier alpha value is -2.06. The van der Waals surface area contributed by atoms with E-state index in [1.165, 1.54) is 13.2 Å². The summed E-state index contributed by atoms with van der Waals surface area (Å²) in [5.41, 5.74) is 0.352. The number of methoxy groups -OCH3 is 1. The Bertz CT molecular complexity index is 844. The number of carbonyl (C=O) groups excluding carboxylic acids is 1. The van der Waals surface area contributed by atoms with Gasteiger partial charge in [-0.05, 0) is 36.4 Å². The maximum absolute atomic E-state index is 13.1. The third-order valence-electron chi connectivity index (χ3n) is 4.40. The van der Waals surface area contributed by atoms with Crippen molar-refractivity contribution in [1.82, 2.24) is 5.32 Å². The lowest BCUT2D eigenvalue weighted by molar-refractivity contribution is -0.120. The predicted octanol–water partition coefficient (Wildman–Crippen LogP) is 3.01. The summed E-state index contributed by atoms with van der Waals surface area (Å²) in [6.45, 7) is -0.281. The predicted molar refractivity (Wildman–Crippen MR) is 102 cm³/mol. The van der Waals surface area contributed by atoms with Gasteiger partial charge in [0.1, 0.15) is 16.5 Å². The molecule has 0 bridgehead atoms. The number of hydrogen-bond acceptors (Lipinski definition) is 5. The van der Waals surface area contributed by atoms with E-state index in [1.807, 2.05) is 0 Å². The van der Waals surface area contributed by atoms with Gasteiger partial charge in [0.05, 0.1) is 12.8 Å². The minimum absolute atomic E-state index is 0.131. The largest absolute Gasteiger partial charge is 0.495 e. The molecule has 1 N–H and O–H groups in total. The van der Waals surface area contributed by atoms with Gasteiger partial charge in [-0.1, -0.05) is 31.0 Å². The molecule has 1 heterocycles. The van der Waals surface area contributed by atoms with Gasteiger partial charge in [0.15, 0.2) is 0 Å². The van der Waals surface area contributed by atoms with E-state index in [9.17, 15) is 13.2 Å². The first-order valence-corrected chi connectivity index (χ1v) is 10.8. The monoisotopic (exact) mass is 394 g/mol. The molecule has 1 aliphatic rings. The second kappa shape index (κ2) is 8.09. The molecule has 0 atom stereocenters. The number of thiophene rings is 1. The van der Waals surface area contributed by atoms with Crippen LogP contribution in [0.3, 0.4) is 0 Å². The topological polar surface area (TPSA) is 75.7 Å². The summed E-state index contributed by atoms with van der Waals surface area (Å²) in [5.74, 6) is 0.101. The lowest BCUT2D eigenvalue weighted by Gasteiger charge is -2.25. The van der Waals surface area contributed by atoms with Crippen LogP contribution in [0.1, 0.15) is 25.7 Å². The molecule has 1 saturated carbocycles. The highest BCUT2D eigenvalue weighted by Crippen LogP contribution is 2.33. The van der Waals surface area contributed by atoms with Crippen molar-refractivity contribution in [3.05, 3.63) is 41.8 Å². The maximum Gasteiger partial charge on any atom is 0.274 e. The summed E-state index contributed by atoms with van der Waals surface area (Å²) < 4.78 is 32.9. The van der Waals surface area contributed by atoms with E-state index in [2.05, 4.69) is 5.32 Å². The van der Waals surface area contributed by atoms with E-state index in [0.717, 1.165) is 41.3 Å². The fourth-order valence-corrected chi connectivity index (χ4v) is 5.66. The van der Waals surface area contributed by atoms with Gasteiger partial charge in [-0.3, -0.25) is 9.10 Å². The Balaban J connectivity index is 1.92. The molecule has 1 aromatic carbocycles. The van der Waals surface area contributed by atoms with Gasteiger partial charge >= 0.3 is 0 Å². The van der Waals surface area contributed by atoms with Crippen LogP contribution in [0.15, 0.2) is 46.0 Å². The first-order valence-electron chi connectivity index (χ1n) is 8.51. The Morgan fingerprint density at radius 1 is 1.23 bits per heavy atom. The number of amides is 1. The average molecular weight is 395 g/mol. The van der Waals surface area contributed by atoms with Crippen molar-refractivity contribution in [2.75, 3.05) is 18.0 Å². The molecule has 6 nitrogen and oxygen atoms in total. The Morgan fingerprint density at radius 2 is 1.96 bits per heavy atom. The van der Waals surface area contributed by atoms with E-state index in [-0.39, 0.29) is 22.7 Å². The van der Waals surface area contributed by atoms with Gasteiger partial charge in [-0.2, -0.15) is 0 Å². The number of nitrogens with one attached hydrogen (secondary N) is 1. The zero-order valence-corrected chi connectivity index (χ0v) is 16.2. The maximum atomic E-state index is 13.1. The number of rotatable bonds is 7. The van der Waals surface area contributed by atoms with Crippen LogP contribution < -0.4 is 14.4 Å². The summed E-state index contributed by atoms with van der Waals surface area (Å²) in [7, 11) is -2.38. The number of para-hydroxylation sites is 2. The van der Waals surface area contributed by atoms with Crippen LogP contribution in [-0.2, 0) is 14.8 Å². The van der Waals surface area contributed by atoms with Crippen molar-refractivity contribution in [2.45, 2.75) is 35.9 Å². The molecule has 26 heavy (non-hydrogen) atoms. The lowest BCUT2D eigenvalue weighted by Crippen LogP contribution is -2.43. The molecule has 1 aliphatic carbocycles. The Labute approximate surface area is 157 Å². The number of benzene rings is 1. The summed E-state index contributed by atoms with van der Waals surface area (Å²) in [4.78, 5) is 12.5. The minimum Gasteiger partial charge on any atom is -0.495 e. The van der Waals surface area contributed by atoms with E-state index in [4.69, 9.17) is 4.74 Å². The quantitative estimate of drug-likeness (QED) is 0.783. The third-order valence-corrected chi connectivity index (χ3v) is 7.53. The smallest absolute Gasteiger partial charge is 0.274 e. The van der Waals surface area contributed by atoms with Gasteiger partial charge in [-0.25, -0.2) is 8.42 Å². The zero-order valence-electron chi connectivity index (χ0n) is 14.6. The second-order valence-corrected chi connectivity index (χ2v) is 9.20. The molecule has 1 fully saturated rings. The molecule has 1 amide bonds. The molecule has 8 heteroatoms. The fourth-order valence-electron chi connectivity index (χ4n) is 3.13. The first-order chi connectivity index (χ1) is 12.5. The molecular formula is C18H22N2O4S2. The highest BCUT2D eigenvalue weighted by Gasteiger charge is 2.30. The van der Waals surface area contributed by atoms with Crippen LogP contribution in [0.5, 0.6) is 5.75 Å². The number of carbonyl (C=O) groups is 1. The third kappa shape index (κ3) is 4.02. The van der Waals surface area contributed by atoms with Gasteiger partial charge in [0.25, 0.3) is 10.0 Å². The van der Waals surface area contributed by atoms with Crippen LogP contribution in [0.25, 0.3) is 0 Å². The average Bonchev–Trinajstić information content (AvgIpc) is 3.33. The molecular weight excluding hydrogens is 372 g/mol. The van der Waals surface area contributed by atoms with Crippen molar-refractivity contribution in [2.24, 2.45) is 0 Å². The normalized spacial score (nSPS) is 15.0. The molecule has 3 rings (SSSR count). The van der Waals surface area contributed by atoms with E-state index < -0.39 is 10.0 Å². The Morgan fingerprint density at radius 3 is 2.62 bits per heavy atom. The summed E-state index contributed by atoms with van der Waals surface area (Å²) in [6.07, 6.45) is 4.07. The van der Waals surface area contributed by atoms with Crippen molar-refractivity contribution < 1.29 is 17.9 Å². The summed E-state index contributed by atoms with van der Waals surface area (Å²) >= 11 is 1.12. The van der Waals surface area contributed by atoms with Crippen molar-refractivity contribution in [3.63, 3.8) is 0 Å². The van der Waals surface area contributed by atoms with Crippen molar-refractivity contribution in [1.29, 1.82) is 0 Å². The highest BCUT2D eigenvalue weighted by molar-refractivity contribution is 7.94. The first kappa shape index (κ1) is 18.7. The van der Waals surface area contributed by atoms with Gasteiger partial charge in [0, 0.05) is 6.04 Å². The van der Waals surface area contributed by atoms with Gasteiger partial charge in [-0.15, -0.1) is 11.3 Å². The lowest BCUT2D eigenvalue weighted by atomic mass is 10.2. The second-order valence-electron chi connectivity index (χ2n) is 6.16. The van der Waals surface area contributed by atoms with Crippen LogP contribution >= 0.6 is 11.3 Å². The minimum atomic E-state index is -3.86. The molecule has 1 aromatic heterocycles. The Kier molecular flexibility index (Phi) is 5.83. The van der Waals surface area contributed by atoms with Crippen molar-refractivity contribution >= 4 is 33.0 Å². The highest BCUT2D eigenvalue weighted by atomic mass is 32.2. The number of ether oxygens (including phenoxy) is 1. The molecule has 0 saturated heterocycles. The molecule has 0 aliphatic heterocycles. The van der Waals surface area contributed by atoms with Gasteiger partial charge in [0.2, 0.25) is 5.91 Å². The zero-order chi connectivity index (χ0) is 18.6. The van der Waals surface area contributed by atoms with Gasteiger partial charge < -0.3 is 10.1 Å². The fraction of sp³-hybridized carbons (Fsp3) is 0.389. The number of hydrogen-bond donors (Lipinski definition) is 1.